The molecule has 0 radical (unpaired) electrons. The smallest absolute Gasteiger partial charge is 0.128 e. The molecule has 1 aromatic heterocycles. The summed E-state index contributed by atoms with van der Waals surface area (Å²) < 4.78 is 13.1. The van der Waals surface area contributed by atoms with Gasteiger partial charge < -0.3 is 5.11 Å². The Hall–Kier alpha value is -1.81. The van der Waals surface area contributed by atoms with Crippen molar-refractivity contribution < 1.29 is 9.50 Å². The zero-order chi connectivity index (χ0) is 10.7. The van der Waals surface area contributed by atoms with Crippen LogP contribution in [0.5, 0.6) is 0 Å². The first-order valence-corrected chi connectivity index (χ1v) is 4.46. The third-order valence-electron chi connectivity index (χ3n) is 2.11. The molecule has 0 saturated carbocycles. The monoisotopic (exact) mass is 204 g/mol. The van der Waals surface area contributed by atoms with E-state index in [1.807, 2.05) is 0 Å². The third-order valence-corrected chi connectivity index (χ3v) is 2.11. The molecule has 1 heterocycles. The summed E-state index contributed by atoms with van der Waals surface area (Å²) in [7, 11) is 0. The maximum absolute atomic E-state index is 13.1. The molecule has 15 heavy (non-hydrogen) atoms. The fourth-order valence-corrected chi connectivity index (χ4v) is 1.32. The second kappa shape index (κ2) is 4.14. The molecule has 0 bridgehead atoms. The van der Waals surface area contributed by atoms with Crippen molar-refractivity contribution in [2.75, 3.05) is 0 Å². The van der Waals surface area contributed by atoms with Gasteiger partial charge in [0.15, 0.2) is 0 Å². The minimum atomic E-state index is -0.405. The molecule has 4 heteroatoms. The van der Waals surface area contributed by atoms with Crippen molar-refractivity contribution in [1.82, 2.24) is 9.97 Å². The Bertz CT molecular complexity index is 459. The van der Waals surface area contributed by atoms with E-state index in [2.05, 4.69) is 9.97 Å². The summed E-state index contributed by atoms with van der Waals surface area (Å²) in [6, 6.07) is 4.55. The number of aliphatic hydroxyl groups excluding tert-OH is 1. The van der Waals surface area contributed by atoms with Gasteiger partial charge >= 0.3 is 0 Å². The van der Waals surface area contributed by atoms with Crippen LogP contribution in [-0.4, -0.2) is 15.1 Å². The number of hydrogen-bond acceptors (Lipinski definition) is 3. The molecule has 76 valence electrons. The quantitative estimate of drug-likeness (QED) is 0.810. The van der Waals surface area contributed by atoms with Crippen molar-refractivity contribution >= 4 is 0 Å². The summed E-state index contributed by atoms with van der Waals surface area (Å²) in [6.45, 7) is -0.312. The highest BCUT2D eigenvalue weighted by atomic mass is 19.1. The Morgan fingerprint density at radius 2 is 1.87 bits per heavy atom. The Kier molecular flexibility index (Phi) is 2.69. The van der Waals surface area contributed by atoms with E-state index < -0.39 is 5.82 Å². The number of aliphatic hydroxyl groups is 1. The Morgan fingerprint density at radius 1 is 1.13 bits per heavy atom. The molecule has 0 saturated heterocycles. The average molecular weight is 204 g/mol. The number of aromatic nitrogens is 2. The molecule has 1 aromatic carbocycles. The zero-order valence-corrected chi connectivity index (χ0v) is 7.89. The SMILES string of the molecule is OCc1cc(-c2cncnc2)ccc1F. The highest BCUT2D eigenvalue weighted by molar-refractivity contribution is 5.62. The second-order valence-corrected chi connectivity index (χ2v) is 3.09. The van der Waals surface area contributed by atoms with Crippen molar-refractivity contribution in [3.63, 3.8) is 0 Å². The van der Waals surface area contributed by atoms with Gasteiger partial charge in [0, 0.05) is 23.5 Å². The standard InChI is InChI=1S/C11H9FN2O/c12-11-2-1-8(3-9(11)6-15)10-4-13-7-14-5-10/h1-5,7,15H,6H2. The Labute approximate surface area is 86.3 Å². The number of hydrogen-bond donors (Lipinski definition) is 1. The van der Waals surface area contributed by atoms with E-state index in [1.165, 1.54) is 12.4 Å². The van der Waals surface area contributed by atoms with E-state index in [9.17, 15) is 4.39 Å². The van der Waals surface area contributed by atoms with Crippen molar-refractivity contribution in [3.8, 4) is 11.1 Å². The maximum atomic E-state index is 13.1. The molecule has 0 fully saturated rings. The summed E-state index contributed by atoms with van der Waals surface area (Å²) >= 11 is 0. The largest absolute Gasteiger partial charge is 0.392 e. The van der Waals surface area contributed by atoms with Gasteiger partial charge in [0.25, 0.3) is 0 Å². The normalized spacial score (nSPS) is 10.3. The molecule has 0 aliphatic heterocycles. The molecule has 0 amide bonds. The van der Waals surface area contributed by atoms with E-state index in [0.29, 0.717) is 0 Å². The van der Waals surface area contributed by atoms with Crippen LogP contribution in [0.1, 0.15) is 5.56 Å². The molecular weight excluding hydrogens is 195 g/mol. The maximum Gasteiger partial charge on any atom is 0.128 e. The molecule has 3 nitrogen and oxygen atoms in total. The van der Waals surface area contributed by atoms with Crippen molar-refractivity contribution in [1.29, 1.82) is 0 Å². The summed E-state index contributed by atoms with van der Waals surface area (Å²) in [5.74, 6) is -0.405. The van der Waals surface area contributed by atoms with Crippen LogP contribution in [0.3, 0.4) is 0 Å². The van der Waals surface area contributed by atoms with E-state index in [1.54, 1.807) is 24.5 Å². The molecule has 0 spiro atoms. The number of halogens is 1. The molecule has 0 atom stereocenters. The van der Waals surface area contributed by atoms with Gasteiger partial charge in [-0.15, -0.1) is 0 Å². The first-order valence-electron chi connectivity index (χ1n) is 4.46. The highest BCUT2D eigenvalue weighted by Gasteiger charge is 2.04. The molecular formula is C11H9FN2O. The van der Waals surface area contributed by atoms with Crippen LogP contribution in [0.25, 0.3) is 11.1 Å². The van der Waals surface area contributed by atoms with Crippen LogP contribution >= 0.6 is 0 Å². The highest BCUT2D eigenvalue weighted by Crippen LogP contribution is 2.20. The van der Waals surface area contributed by atoms with Gasteiger partial charge in [-0.1, -0.05) is 6.07 Å². The Balaban J connectivity index is 2.46. The molecule has 2 aromatic rings. The van der Waals surface area contributed by atoms with Gasteiger partial charge in [-0.25, -0.2) is 14.4 Å². The third kappa shape index (κ3) is 1.99. The molecule has 0 aliphatic carbocycles. The molecule has 1 N–H and O–H groups in total. The topological polar surface area (TPSA) is 46.0 Å². The average Bonchev–Trinajstić information content (AvgIpc) is 2.31. The lowest BCUT2D eigenvalue weighted by Gasteiger charge is -2.03. The summed E-state index contributed by atoms with van der Waals surface area (Å²) in [4.78, 5) is 7.74. The molecule has 2 rings (SSSR count). The van der Waals surface area contributed by atoms with Crippen LogP contribution in [0, 0.1) is 5.82 Å². The Morgan fingerprint density at radius 3 is 2.53 bits per heavy atom. The second-order valence-electron chi connectivity index (χ2n) is 3.09. The molecule has 0 aliphatic rings. The van der Waals surface area contributed by atoms with Gasteiger partial charge in [0.1, 0.15) is 12.1 Å². The van der Waals surface area contributed by atoms with E-state index >= 15 is 0 Å². The summed E-state index contributed by atoms with van der Waals surface area (Å²) in [5, 5.41) is 8.92. The predicted molar refractivity (Wildman–Crippen MR) is 53.3 cm³/mol. The lowest BCUT2D eigenvalue weighted by atomic mass is 10.1. The van der Waals surface area contributed by atoms with Crippen LogP contribution in [0.4, 0.5) is 4.39 Å². The van der Waals surface area contributed by atoms with E-state index in [0.717, 1.165) is 11.1 Å². The van der Waals surface area contributed by atoms with Gasteiger partial charge in [0.05, 0.1) is 6.61 Å². The lowest BCUT2D eigenvalue weighted by molar-refractivity contribution is 0.276. The molecule has 0 unspecified atom stereocenters. The first-order chi connectivity index (χ1) is 7.31. The summed E-state index contributed by atoms with van der Waals surface area (Å²) in [5.41, 5.74) is 1.87. The predicted octanol–water partition coefficient (Wildman–Crippen LogP) is 1.77. The van der Waals surface area contributed by atoms with Crippen molar-refractivity contribution in [3.05, 3.63) is 48.3 Å². The fraction of sp³-hybridized carbons (Fsp3) is 0.0909. The van der Waals surface area contributed by atoms with Crippen molar-refractivity contribution in [2.24, 2.45) is 0 Å². The zero-order valence-electron chi connectivity index (χ0n) is 7.89. The minimum absolute atomic E-state index is 0.274. The number of rotatable bonds is 2. The number of benzene rings is 1. The van der Waals surface area contributed by atoms with Crippen LogP contribution in [-0.2, 0) is 6.61 Å². The van der Waals surface area contributed by atoms with Crippen LogP contribution < -0.4 is 0 Å². The number of nitrogens with zero attached hydrogens (tertiary/aromatic N) is 2. The van der Waals surface area contributed by atoms with Gasteiger partial charge in [-0.3, -0.25) is 0 Å². The lowest BCUT2D eigenvalue weighted by Crippen LogP contribution is -1.91. The van der Waals surface area contributed by atoms with Gasteiger partial charge in [-0.05, 0) is 17.7 Å². The van der Waals surface area contributed by atoms with Gasteiger partial charge in [0.2, 0.25) is 0 Å². The van der Waals surface area contributed by atoms with Crippen molar-refractivity contribution in [2.45, 2.75) is 6.61 Å². The summed E-state index contributed by atoms with van der Waals surface area (Å²) in [6.07, 6.45) is 4.71. The minimum Gasteiger partial charge on any atom is -0.392 e. The van der Waals surface area contributed by atoms with E-state index in [4.69, 9.17) is 5.11 Å². The van der Waals surface area contributed by atoms with Crippen LogP contribution in [0.2, 0.25) is 0 Å². The first kappa shape index (κ1) is 9.73. The van der Waals surface area contributed by atoms with Gasteiger partial charge in [-0.2, -0.15) is 0 Å². The van der Waals surface area contributed by atoms with E-state index in [-0.39, 0.29) is 12.2 Å². The van der Waals surface area contributed by atoms with Crippen LogP contribution in [0.15, 0.2) is 36.9 Å². The fourth-order valence-electron chi connectivity index (χ4n) is 1.32.